The second-order valence-corrected chi connectivity index (χ2v) is 8.83. The average molecular weight is 457 g/mol. The molecule has 1 amide bonds. The Morgan fingerprint density at radius 3 is 2.52 bits per heavy atom. The number of hydrogen-bond donors (Lipinski definition) is 1. The monoisotopic (exact) mass is 457 g/mol. The lowest BCUT2D eigenvalue weighted by molar-refractivity contribution is -0.141. The van der Waals surface area contributed by atoms with E-state index in [2.05, 4.69) is 15.3 Å². The molecular weight excluding hydrogens is 435 g/mol. The van der Waals surface area contributed by atoms with Gasteiger partial charge in [-0.25, -0.2) is 4.98 Å². The summed E-state index contributed by atoms with van der Waals surface area (Å²) < 4.78 is 40.8. The summed E-state index contributed by atoms with van der Waals surface area (Å²) in [5, 5.41) is 8.32. The lowest BCUT2D eigenvalue weighted by Gasteiger charge is -2.25. The third-order valence-corrected chi connectivity index (χ3v) is 6.42. The number of carbonyl (C=O) groups is 2. The van der Waals surface area contributed by atoms with Crippen molar-refractivity contribution in [2.45, 2.75) is 56.7 Å². The van der Waals surface area contributed by atoms with Gasteiger partial charge in [-0.05, 0) is 62.1 Å². The highest BCUT2D eigenvalue weighted by Gasteiger charge is 2.34. The highest BCUT2D eigenvalue weighted by atomic mass is 19.4. The molecule has 0 spiro atoms. The minimum absolute atomic E-state index is 0.119. The van der Waals surface area contributed by atoms with Crippen LogP contribution in [0.2, 0.25) is 0 Å². The number of rotatable bonds is 5. The first-order valence-electron chi connectivity index (χ1n) is 11.0. The lowest BCUT2D eigenvalue weighted by Crippen LogP contribution is -2.19. The Balaban J connectivity index is 1.42. The number of alkyl halides is 3. The molecule has 2 aliphatic carbocycles. The number of amides is 1. The maximum absolute atomic E-state index is 12.9. The molecule has 2 aliphatic rings. The number of aldehydes is 1. The minimum Gasteiger partial charge on any atom is -0.320 e. The lowest BCUT2D eigenvalue weighted by atomic mass is 9.87. The first-order valence-corrected chi connectivity index (χ1v) is 11.0. The van der Waals surface area contributed by atoms with E-state index in [0.29, 0.717) is 11.9 Å². The molecule has 2 saturated carbocycles. The molecule has 3 aromatic rings. The van der Waals surface area contributed by atoms with Crippen molar-refractivity contribution >= 4 is 28.8 Å². The van der Waals surface area contributed by atoms with Crippen molar-refractivity contribution in [3.63, 3.8) is 0 Å². The summed E-state index contributed by atoms with van der Waals surface area (Å²) in [7, 11) is 0. The number of anilines is 1. The van der Waals surface area contributed by atoms with E-state index in [1.807, 2.05) is 23.0 Å². The molecule has 172 valence electrons. The number of benzene rings is 1. The Bertz CT molecular complexity index is 1210. The van der Waals surface area contributed by atoms with Crippen molar-refractivity contribution in [1.29, 1.82) is 0 Å². The second kappa shape index (κ2) is 8.24. The molecule has 10 heteroatoms. The third-order valence-electron chi connectivity index (χ3n) is 6.42. The predicted octanol–water partition coefficient (Wildman–Crippen LogP) is 4.91. The molecule has 1 N–H and O–H groups in total. The van der Waals surface area contributed by atoms with E-state index in [9.17, 15) is 22.8 Å². The maximum atomic E-state index is 12.9. The SMILES string of the molecule is O=CC1CCC(n2cc3cc(NC(=O)c4cncc(C(F)(F)F)n4)c(C4CC4)cc3n2)CC1. The van der Waals surface area contributed by atoms with Crippen molar-refractivity contribution in [3.8, 4) is 0 Å². The molecular formula is C23H22F3N5O2. The van der Waals surface area contributed by atoms with Gasteiger partial charge in [-0.2, -0.15) is 18.3 Å². The van der Waals surface area contributed by atoms with Crippen molar-refractivity contribution in [3.05, 3.63) is 47.7 Å². The van der Waals surface area contributed by atoms with E-state index >= 15 is 0 Å². The summed E-state index contributed by atoms with van der Waals surface area (Å²) in [6, 6.07) is 3.99. The van der Waals surface area contributed by atoms with Gasteiger partial charge in [-0.3, -0.25) is 14.5 Å². The number of carbonyl (C=O) groups excluding carboxylic acids is 2. The van der Waals surface area contributed by atoms with Gasteiger partial charge in [0.25, 0.3) is 5.91 Å². The standard InChI is InChI=1S/C23H22F3N5O2/c24-23(25,26)21-10-27-9-20(28-21)22(33)29-19-7-15-11-31(16-5-1-13(12-32)2-6-16)30-18(15)8-17(19)14-3-4-14/h7-14,16H,1-6H2,(H,29,33). The van der Waals surface area contributed by atoms with Crippen LogP contribution in [0.1, 0.15) is 72.2 Å². The molecule has 0 radical (unpaired) electrons. The van der Waals surface area contributed by atoms with Crippen molar-refractivity contribution < 1.29 is 22.8 Å². The molecule has 0 bridgehead atoms. The van der Waals surface area contributed by atoms with Crippen LogP contribution in [0, 0.1) is 5.92 Å². The molecule has 2 heterocycles. The molecule has 0 aliphatic heterocycles. The summed E-state index contributed by atoms with van der Waals surface area (Å²) in [5.41, 5.74) is 0.684. The zero-order chi connectivity index (χ0) is 23.2. The Labute approximate surface area is 187 Å². The maximum Gasteiger partial charge on any atom is 0.434 e. The molecule has 5 rings (SSSR count). The summed E-state index contributed by atoms with van der Waals surface area (Å²) in [5.74, 6) is -0.339. The summed E-state index contributed by atoms with van der Waals surface area (Å²) in [4.78, 5) is 30.7. The Hall–Kier alpha value is -3.30. The van der Waals surface area contributed by atoms with Crippen LogP contribution in [0.3, 0.4) is 0 Å². The Morgan fingerprint density at radius 2 is 1.85 bits per heavy atom. The van der Waals surface area contributed by atoms with Gasteiger partial charge >= 0.3 is 6.18 Å². The quantitative estimate of drug-likeness (QED) is 0.550. The Morgan fingerprint density at radius 1 is 1.09 bits per heavy atom. The predicted molar refractivity (Wildman–Crippen MR) is 114 cm³/mol. The third kappa shape index (κ3) is 4.46. The molecule has 0 atom stereocenters. The molecule has 2 fully saturated rings. The van der Waals surface area contributed by atoms with Gasteiger partial charge in [0.05, 0.1) is 24.0 Å². The average Bonchev–Trinajstić information content (AvgIpc) is 3.57. The fourth-order valence-electron chi connectivity index (χ4n) is 4.43. The second-order valence-electron chi connectivity index (χ2n) is 8.83. The van der Waals surface area contributed by atoms with Crippen molar-refractivity contribution in [2.24, 2.45) is 5.92 Å². The van der Waals surface area contributed by atoms with Crippen LogP contribution < -0.4 is 5.32 Å². The van der Waals surface area contributed by atoms with Gasteiger partial charge in [0.1, 0.15) is 12.0 Å². The van der Waals surface area contributed by atoms with E-state index in [1.54, 1.807) is 0 Å². The van der Waals surface area contributed by atoms with Crippen LogP contribution in [-0.2, 0) is 11.0 Å². The highest BCUT2D eigenvalue weighted by molar-refractivity contribution is 6.04. The topological polar surface area (TPSA) is 89.8 Å². The zero-order valence-corrected chi connectivity index (χ0v) is 17.7. The van der Waals surface area contributed by atoms with Gasteiger partial charge in [-0.15, -0.1) is 0 Å². The summed E-state index contributed by atoms with van der Waals surface area (Å²) in [6.45, 7) is 0. The van der Waals surface area contributed by atoms with Crippen LogP contribution in [0.4, 0.5) is 18.9 Å². The summed E-state index contributed by atoms with van der Waals surface area (Å²) >= 11 is 0. The van der Waals surface area contributed by atoms with E-state index in [1.165, 1.54) is 0 Å². The van der Waals surface area contributed by atoms with Crippen LogP contribution >= 0.6 is 0 Å². The van der Waals surface area contributed by atoms with E-state index < -0.39 is 23.5 Å². The van der Waals surface area contributed by atoms with Crippen LogP contribution in [0.15, 0.2) is 30.7 Å². The zero-order valence-electron chi connectivity index (χ0n) is 17.7. The number of halogens is 3. The van der Waals surface area contributed by atoms with Gasteiger partial charge in [0, 0.05) is 23.2 Å². The fraction of sp³-hybridized carbons (Fsp3) is 0.435. The number of fused-ring (bicyclic) bond motifs is 1. The molecule has 2 aromatic heterocycles. The van der Waals surface area contributed by atoms with Gasteiger partial charge in [-0.1, -0.05) is 0 Å². The largest absolute Gasteiger partial charge is 0.434 e. The molecule has 0 unspecified atom stereocenters. The number of nitrogens with one attached hydrogen (secondary N) is 1. The smallest absolute Gasteiger partial charge is 0.320 e. The van der Waals surface area contributed by atoms with Gasteiger partial charge in [0.2, 0.25) is 0 Å². The van der Waals surface area contributed by atoms with Gasteiger partial charge in [0.15, 0.2) is 5.69 Å². The van der Waals surface area contributed by atoms with Crippen LogP contribution in [-0.4, -0.2) is 31.9 Å². The van der Waals surface area contributed by atoms with E-state index in [4.69, 9.17) is 5.10 Å². The number of aromatic nitrogens is 4. The van der Waals surface area contributed by atoms with Gasteiger partial charge < -0.3 is 10.1 Å². The van der Waals surface area contributed by atoms with Crippen LogP contribution in [0.5, 0.6) is 0 Å². The normalized spacial score (nSPS) is 21.2. The molecule has 0 saturated heterocycles. The molecule has 33 heavy (non-hydrogen) atoms. The first-order chi connectivity index (χ1) is 15.8. The van der Waals surface area contributed by atoms with Crippen molar-refractivity contribution in [1.82, 2.24) is 19.7 Å². The minimum atomic E-state index is -4.68. The molecule has 7 nitrogen and oxygen atoms in total. The van der Waals surface area contributed by atoms with Crippen LogP contribution in [0.25, 0.3) is 10.9 Å². The highest BCUT2D eigenvalue weighted by Crippen LogP contribution is 2.45. The van der Waals surface area contributed by atoms with E-state index in [-0.39, 0.29) is 17.9 Å². The number of hydrogen-bond acceptors (Lipinski definition) is 5. The molecule has 1 aromatic carbocycles. The number of nitrogens with zero attached hydrogens (tertiary/aromatic N) is 4. The summed E-state index contributed by atoms with van der Waals surface area (Å²) in [6.07, 6.45) is 5.30. The Kier molecular flexibility index (Phi) is 5.38. The first kappa shape index (κ1) is 21.5. The fourth-order valence-corrected chi connectivity index (χ4v) is 4.43. The van der Waals surface area contributed by atoms with Crippen molar-refractivity contribution in [2.75, 3.05) is 5.32 Å². The van der Waals surface area contributed by atoms with E-state index in [0.717, 1.165) is 67.5 Å².